The van der Waals surface area contributed by atoms with Crippen molar-refractivity contribution >= 4 is 46.4 Å². The molecule has 0 aliphatic rings. The van der Waals surface area contributed by atoms with Gasteiger partial charge in [0.2, 0.25) is 11.8 Å². The summed E-state index contributed by atoms with van der Waals surface area (Å²) >= 11 is 12.2. The molecule has 0 aliphatic heterocycles. The van der Waals surface area contributed by atoms with Crippen LogP contribution < -0.4 is 15.0 Å². The van der Waals surface area contributed by atoms with Crippen molar-refractivity contribution in [2.75, 3.05) is 23.9 Å². The fourth-order valence-corrected chi connectivity index (χ4v) is 2.71. The number of carbonyl (C=O) groups excluding carboxylic acids is 2. The van der Waals surface area contributed by atoms with Crippen LogP contribution in [0.25, 0.3) is 0 Å². The van der Waals surface area contributed by atoms with Crippen molar-refractivity contribution in [3.63, 3.8) is 0 Å². The van der Waals surface area contributed by atoms with Crippen LogP contribution in [0.15, 0.2) is 36.4 Å². The van der Waals surface area contributed by atoms with E-state index >= 15 is 0 Å². The molecule has 0 saturated heterocycles. The molecule has 2 amide bonds. The van der Waals surface area contributed by atoms with Gasteiger partial charge in [0.25, 0.3) is 0 Å². The first-order chi connectivity index (χ1) is 11.8. The van der Waals surface area contributed by atoms with Gasteiger partial charge in [-0.05, 0) is 42.8 Å². The third-order valence-corrected chi connectivity index (χ3v) is 4.38. The topological polar surface area (TPSA) is 58.6 Å². The summed E-state index contributed by atoms with van der Waals surface area (Å²) in [5.41, 5.74) is 1.88. The molecule has 0 fully saturated rings. The van der Waals surface area contributed by atoms with Gasteiger partial charge in [-0.25, -0.2) is 0 Å². The van der Waals surface area contributed by atoms with Crippen LogP contribution in [-0.2, 0) is 9.59 Å². The molecule has 0 spiro atoms. The normalized spacial score (nSPS) is 10.3. The summed E-state index contributed by atoms with van der Waals surface area (Å²) in [6.07, 6.45) is 0. The quantitative estimate of drug-likeness (QED) is 0.840. The van der Waals surface area contributed by atoms with Gasteiger partial charge in [0.1, 0.15) is 12.3 Å². The molecule has 0 atom stereocenters. The molecule has 2 rings (SSSR count). The molecule has 25 heavy (non-hydrogen) atoms. The van der Waals surface area contributed by atoms with Crippen molar-refractivity contribution in [2.45, 2.75) is 13.8 Å². The van der Waals surface area contributed by atoms with Crippen LogP contribution in [0, 0.1) is 6.92 Å². The van der Waals surface area contributed by atoms with Gasteiger partial charge in [0, 0.05) is 23.3 Å². The molecule has 0 radical (unpaired) electrons. The highest BCUT2D eigenvalue weighted by Gasteiger charge is 2.18. The van der Waals surface area contributed by atoms with Crippen molar-refractivity contribution in [3.8, 4) is 5.75 Å². The maximum Gasteiger partial charge on any atom is 0.244 e. The zero-order valence-electron chi connectivity index (χ0n) is 14.1. The number of nitrogens with one attached hydrogen (secondary N) is 1. The third-order valence-electron chi connectivity index (χ3n) is 3.67. The largest absolute Gasteiger partial charge is 0.495 e. The number of nitrogens with zero attached hydrogens (tertiary/aromatic N) is 1. The molecule has 0 aromatic heterocycles. The average Bonchev–Trinajstić information content (AvgIpc) is 2.56. The average molecular weight is 381 g/mol. The van der Waals surface area contributed by atoms with Gasteiger partial charge in [-0.1, -0.05) is 29.3 Å². The van der Waals surface area contributed by atoms with Crippen LogP contribution in [0.5, 0.6) is 5.75 Å². The number of rotatable bonds is 5. The highest BCUT2D eigenvalue weighted by atomic mass is 35.5. The fraction of sp³-hybridized carbons (Fsp3) is 0.222. The fourth-order valence-electron chi connectivity index (χ4n) is 2.28. The van der Waals surface area contributed by atoms with Crippen molar-refractivity contribution in [1.82, 2.24) is 0 Å². The van der Waals surface area contributed by atoms with E-state index in [1.54, 1.807) is 36.4 Å². The molecule has 0 unspecified atom stereocenters. The Morgan fingerprint density at radius 3 is 2.48 bits per heavy atom. The summed E-state index contributed by atoms with van der Waals surface area (Å²) in [6.45, 7) is 3.05. The summed E-state index contributed by atoms with van der Waals surface area (Å²) in [4.78, 5) is 25.7. The second-order valence-electron chi connectivity index (χ2n) is 5.38. The van der Waals surface area contributed by atoms with Gasteiger partial charge in [0.15, 0.2) is 0 Å². The van der Waals surface area contributed by atoms with Gasteiger partial charge < -0.3 is 15.0 Å². The van der Waals surface area contributed by atoms with E-state index in [9.17, 15) is 9.59 Å². The lowest BCUT2D eigenvalue weighted by molar-refractivity contribution is -0.120. The van der Waals surface area contributed by atoms with Gasteiger partial charge in [-0.15, -0.1) is 0 Å². The molecule has 0 heterocycles. The molecule has 5 nitrogen and oxygen atoms in total. The van der Waals surface area contributed by atoms with Gasteiger partial charge >= 0.3 is 0 Å². The number of carbonyl (C=O) groups is 2. The van der Waals surface area contributed by atoms with E-state index < -0.39 is 0 Å². The lowest BCUT2D eigenvalue weighted by Gasteiger charge is -2.21. The first kappa shape index (κ1) is 19.1. The van der Waals surface area contributed by atoms with E-state index in [4.69, 9.17) is 27.9 Å². The van der Waals surface area contributed by atoms with Gasteiger partial charge in [-0.2, -0.15) is 0 Å². The summed E-state index contributed by atoms with van der Waals surface area (Å²) in [6, 6.07) is 10.1. The van der Waals surface area contributed by atoms with E-state index in [2.05, 4.69) is 5.32 Å². The monoisotopic (exact) mass is 380 g/mol. The van der Waals surface area contributed by atoms with Gasteiger partial charge in [0.05, 0.1) is 12.1 Å². The second-order valence-corrected chi connectivity index (χ2v) is 6.20. The highest BCUT2D eigenvalue weighted by molar-refractivity contribution is 6.32. The highest BCUT2D eigenvalue weighted by Crippen LogP contribution is 2.29. The van der Waals surface area contributed by atoms with Crippen LogP contribution in [0.4, 0.5) is 11.4 Å². The van der Waals surface area contributed by atoms with E-state index in [-0.39, 0.29) is 18.4 Å². The molecule has 1 N–H and O–H groups in total. The molecular formula is C18H18Cl2N2O3. The number of halogens is 2. The molecular weight excluding hydrogens is 363 g/mol. The molecule has 132 valence electrons. The van der Waals surface area contributed by atoms with Crippen molar-refractivity contribution in [2.24, 2.45) is 0 Å². The summed E-state index contributed by atoms with van der Waals surface area (Å²) in [7, 11) is 1.50. The van der Waals surface area contributed by atoms with Crippen LogP contribution in [0.1, 0.15) is 12.5 Å². The summed E-state index contributed by atoms with van der Waals surface area (Å²) < 4.78 is 5.10. The predicted octanol–water partition coefficient (Wildman–Crippen LogP) is 4.30. The lowest BCUT2D eigenvalue weighted by atomic mass is 10.2. The Morgan fingerprint density at radius 1 is 1.16 bits per heavy atom. The molecule has 7 heteroatoms. The summed E-state index contributed by atoms with van der Waals surface area (Å²) in [5.74, 6) is -0.125. The van der Waals surface area contributed by atoms with Gasteiger partial charge in [-0.3, -0.25) is 9.59 Å². The van der Waals surface area contributed by atoms with E-state index in [1.165, 1.54) is 18.9 Å². The number of amides is 2. The van der Waals surface area contributed by atoms with Crippen LogP contribution in [-0.4, -0.2) is 25.5 Å². The zero-order valence-corrected chi connectivity index (χ0v) is 15.6. The molecule has 0 saturated carbocycles. The minimum Gasteiger partial charge on any atom is -0.495 e. The lowest BCUT2D eigenvalue weighted by Crippen LogP contribution is -2.36. The Hall–Kier alpha value is -2.24. The van der Waals surface area contributed by atoms with E-state index in [0.29, 0.717) is 27.2 Å². The van der Waals surface area contributed by atoms with E-state index in [0.717, 1.165) is 5.56 Å². The first-order valence-corrected chi connectivity index (χ1v) is 8.25. The molecule has 0 bridgehead atoms. The maximum absolute atomic E-state index is 12.4. The maximum atomic E-state index is 12.4. The smallest absolute Gasteiger partial charge is 0.244 e. The van der Waals surface area contributed by atoms with Crippen molar-refractivity contribution in [3.05, 3.63) is 52.0 Å². The first-order valence-electron chi connectivity index (χ1n) is 7.50. The van der Waals surface area contributed by atoms with Crippen LogP contribution >= 0.6 is 23.2 Å². The van der Waals surface area contributed by atoms with E-state index in [1.807, 2.05) is 6.92 Å². The Kier molecular flexibility index (Phi) is 6.28. The Bertz CT molecular complexity index is 809. The third kappa shape index (κ3) is 4.65. The Balaban J connectivity index is 2.19. The molecule has 0 aliphatic carbocycles. The molecule has 2 aromatic carbocycles. The summed E-state index contributed by atoms with van der Waals surface area (Å²) in [5, 5.41) is 3.69. The number of methoxy groups -OCH3 is 1. The number of ether oxygens (including phenoxy) is 1. The zero-order chi connectivity index (χ0) is 18.6. The van der Waals surface area contributed by atoms with Crippen molar-refractivity contribution < 1.29 is 14.3 Å². The van der Waals surface area contributed by atoms with Crippen molar-refractivity contribution in [1.29, 1.82) is 0 Å². The number of anilines is 2. The number of hydrogen-bond donors (Lipinski definition) is 1. The number of hydrogen-bond acceptors (Lipinski definition) is 3. The Morgan fingerprint density at radius 2 is 1.88 bits per heavy atom. The second kappa shape index (κ2) is 8.23. The Labute approximate surface area is 156 Å². The van der Waals surface area contributed by atoms with Crippen LogP contribution in [0.2, 0.25) is 10.0 Å². The minimum atomic E-state index is -0.340. The predicted molar refractivity (Wildman–Crippen MR) is 101 cm³/mol. The van der Waals surface area contributed by atoms with Crippen LogP contribution in [0.3, 0.4) is 0 Å². The number of benzene rings is 2. The SMILES string of the molecule is COc1ccc(N(CC(=O)Nc2cccc(Cl)c2C)C(C)=O)cc1Cl. The standard InChI is InChI=1S/C18H18Cl2N2O3/c1-11-14(19)5-4-6-16(11)21-18(24)10-22(12(2)23)13-7-8-17(25-3)15(20)9-13/h4-9H,10H2,1-3H3,(H,21,24). The molecule has 2 aromatic rings. The minimum absolute atomic E-state index is 0.149.